The highest BCUT2D eigenvalue weighted by Crippen LogP contribution is 2.29. The molecule has 4 rings (SSSR count). The molecule has 8 nitrogen and oxygen atoms in total. The van der Waals surface area contributed by atoms with Crippen molar-refractivity contribution in [1.29, 1.82) is 0 Å². The largest absolute Gasteiger partial charge is 0.494 e. The number of benzene rings is 2. The third kappa shape index (κ3) is 4.28. The van der Waals surface area contributed by atoms with Gasteiger partial charge in [-0.25, -0.2) is 0 Å². The van der Waals surface area contributed by atoms with E-state index >= 15 is 0 Å². The smallest absolute Gasteiger partial charge is 0.316 e. The van der Waals surface area contributed by atoms with Crippen LogP contribution in [0.3, 0.4) is 0 Å². The molecule has 0 N–H and O–H groups in total. The number of hydrogen-bond donors (Lipinski definition) is 0. The van der Waals surface area contributed by atoms with Crippen LogP contribution in [0.25, 0.3) is 0 Å². The first kappa shape index (κ1) is 20.6. The molecular weight excluding hydrogens is 400 g/mol. The van der Waals surface area contributed by atoms with Crippen molar-refractivity contribution >= 4 is 35.1 Å². The molecule has 3 amide bonds. The van der Waals surface area contributed by atoms with Gasteiger partial charge in [-0.1, -0.05) is 0 Å². The molecular formula is C23H22N2O6. The summed E-state index contributed by atoms with van der Waals surface area (Å²) in [5, 5.41) is 0. The molecule has 2 aliphatic heterocycles. The highest BCUT2D eigenvalue weighted by molar-refractivity contribution is 6.19. The van der Waals surface area contributed by atoms with Crippen LogP contribution in [-0.4, -0.2) is 36.8 Å². The van der Waals surface area contributed by atoms with Gasteiger partial charge in [0.05, 0.1) is 18.2 Å². The van der Waals surface area contributed by atoms with Gasteiger partial charge in [0.1, 0.15) is 11.5 Å². The number of amides is 3. The third-order valence-corrected chi connectivity index (χ3v) is 5.28. The topological polar surface area (TPSA) is 93.2 Å². The first-order valence-electron chi connectivity index (χ1n) is 10.2. The predicted octanol–water partition coefficient (Wildman–Crippen LogP) is 2.70. The molecule has 0 unspecified atom stereocenters. The summed E-state index contributed by atoms with van der Waals surface area (Å²) in [6, 6.07) is 13.3. The molecule has 2 aromatic carbocycles. The summed E-state index contributed by atoms with van der Waals surface area (Å²) in [6.45, 7) is 2.69. The van der Waals surface area contributed by atoms with Gasteiger partial charge in [-0.05, 0) is 55.5 Å². The van der Waals surface area contributed by atoms with E-state index in [2.05, 4.69) is 0 Å². The fourth-order valence-corrected chi connectivity index (χ4v) is 3.73. The fraction of sp³-hybridized carbons (Fsp3) is 0.304. The zero-order valence-electron chi connectivity index (χ0n) is 17.1. The van der Waals surface area contributed by atoms with Gasteiger partial charge in [-0.15, -0.1) is 0 Å². The Morgan fingerprint density at radius 3 is 2.06 bits per heavy atom. The summed E-state index contributed by atoms with van der Waals surface area (Å²) < 4.78 is 10.8. The van der Waals surface area contributed by atoms with Crippen LogP contribution in [0.2, 0.25) is 0 Å². The maximum atomic E-state index is 12.6. The monoisotopic (exact) mass is 422 g/mol. The maximum Gasteiger partial charge on any atom is 0.316 e. The van der Waals surface area contributed by atoms with E-state index in [-0.39, 0.29) is 43.5 Å². The number of nitrogens with zero attached hydrogens (tertiary/aromatic N) is 2. The lowest BCUT2D eigenvalue weighted by Gasteiger charge is -2.17. The summed E-state index contributed by atoms with van der Waals surface area (Å²) in [6.07, 6.45) is 0.479. The van der Waals surface area contributed by atoms with Crippen LogP contribution in [0.4, 0.5) is 11.4 Å². The first-order valence-corrected chi connectivity index (χ1v) is 10.2. The number of carbonyl (C=O) groups excluding carboxylic acids is 4. The minimum Gasteiger partial charge on any atom is -0.494 e. The Bertz CT molecular complexity index is 999. The Morgan fingerprint density at radius 2 is 1.45 bits per heavy atom. The van der Waals surface area contributed by atoms with Crippen LogP contribution in [0.15, 0.2) is 48.5 Å². The lowest BCUT2D eigenvalue weighted by Crippen LogP contribution is -2.28. The Balaban J connectivity index is 1.38. The van der Waals surface area contributed by atoms with Crippen LogP contribution in [0, 0.1) is 5.92 Å². The lowest BCUT2D eigenvalue weighted by atomic mass is 10.1. The second kappa shape index (κ2) is 8.59. The molecule has 0 bridgehead atoms. The Hall–Kier alpha value is -3.68. The molecule has 2 heterocycles. The second-order valence-electron chi connectivity index (χ2n) is 7.37. The van der Waals surface area contributed by atoms with Gasteiger partial charge in [0.2, 0.25) is 17.7 Å². The molecule has 31 heavy (non-hydrogen) atoms. The quantitative estimate of drug-likeness (QED) is 0.404. The van der Waals surface area contributed by atoms with Crippen LogP contribution in [-0.2, 0) is 19.2 Å². The van der Waals surface area contributed by atoms with E-state index in [1.807, 2.05) is 6.92 Å². The minimum atomic E-state index is -0.583. The van der Waals surface area contributed by atoms with Crippen molar-refractivity contribution < 1.29 is 28.7 Å². The summed E-state index contributed by atoms with van der Waals surface area (Å²) in [5.41, 5.74) is 1.15. The van der Waals surface area contributed by atoms with E-state index in [4.69, 9.17) is 9.47 Å². The molecule has 0 spiro atoms. The van der Waals surface area contributed by atoms with Gasteiger partial charge >= 0.3 is 5.97 Å². The van der Waals surface area contributed by atoms with Gasteiger partial charge < -0.3 is 14.4 Å². The third-order valence-electron chi connectivity index (χ3n) is 5.28. The summed E-state index contributed by atoms with van der Waals surface area (Å²) in [7, 11) is 0. The molecule has 1 atom stereocenters. The molecule has 160 valence electrons. The van der Waals surface area contributed by atoms with Gasteiger partial charge in [0.15, 0.2) is 0 Å². The van der Waals surface area contributed by atoms with Crippen molar-refractivity contribution in [2.75, 3.05) is 23.0 Å². The maximum absolute atomic E-state index is 12.6. The van der Waals surface area contributed by atoms with Crippen molar-refractivity contribution in [3.05, 3.63) is 48.5 Å². The Labute approximate surface area is 179 Å². The fourth-order valence-electron chi connectivity index (χ4n) is 3.73. The van der Waals surface area contributed by atoms with Gasteiger partial charge in [-0.2, -0.15) is 0 Å². The standard InChI is InChI=1S/C23H22N2O6/c1-2-30-18-7-3-16(4-8-18)24-14-15(13-22(24)28)23(29)31-19-9-5-17(6-10-19)25-20(26)11-12-21(25)27/h3-10,15H,2,11-14H2,1H3/t15-/m0/s1. The van der Waals surface area contributed by atoms with E-state index in [9.17, 15) is 19.2 Å². The second-order valence-corrected chi connectivity index (χ2v) is 7.37. The van der Waals surface area contributed by atoms with Crippen LogP contribution in [0.5, 0.6) is 11.5 Å². The molecule has 0 aromatic heterocycles. The van der Waals surface area contributed by atoms with Crippen molar-refractivity contribution in [1.82, 2.24) is 0 Å². The zero-order chi connectivity index (χ0) is 22.0. The molecule has 2 aliphatic rings. The molecule has 0 saturated carbocycles. The van der Waals surface area contributed by atoms with Crippen molar-refractivity contribution in [3.63, 3.8) is 0 Å². The van der Waals surface area contributed by atoms with Crippen LogP contribution >= 0.6 is 0 Å². The number of anilines is 2. The molecule has 8 heteroatoms. The Morgan fingerprint density at radius 1 is 0.871 bits per heavy atom. The number of imide groups is 1. The molecule has 0 radical (unpaired) electrons. The summed E-state index contributed by atoms with van der Waals surface area (Å²) in [4.78, 5) is 51.4. The summed E-state index contributed by atoms with van der Waals surface area (Å²) in [5.74, 6) is -0.701. The molecule has 2 fully saturated rings. The summed E-state index contributed by atoms with van der Waals surface area (Å²) >= 11 is 0. The average Bonchev–Trinajstić information content (AvgIpc) is 3.31. The normalized spacial score (nSPS) is 18.6. The van der Waals surface area contributed by atoms with E-state index in [1.54, 1.807) is 41.3 Å². The van der Waals surface area contributed by atoms with E-state index in [0.29, 0.717) is 23.7 Å². The number of ether oxygens (including phenoxy) is 2. The first-order chi connectivity index (χ1) is 15.0. The molecule has 2 aromatic rings. The van der Waals surface area contributed by atoms with E-state index < -0.39 is 11.9 Å². The van der Waals surface area contributed by atoms with E-state index in [1.165, 1.54) is 12.1 Å². The molecule has 0 aliphatic carbocycles. The van der Waals surface area contributed by atoms with Crippen LogP contribution in [0.1, 0.15) is 26.2 Å². The minimum absolute atomic E-state index is 0.0703. The van der Waals surface area contributed by atoms with Gasteiger partial charge in [0.25, 0.3) is 0 Å². The number of carbonyl (C=O) groups is 4. The predicted molar refractivity (Wildman–Crippen MR) is 112 cm³/mol. The number of hydrogen-bond acceptors (Lipinski definition) is 6. The highest BCUT2D eigenvalue weighted by atomic mass is 16.5. The Kier molecular flexibility index (Phi) is 5.70. The van der Waals surface area contributed by atoms with Gasteiger partial charge in [0, 0.05) is 31.5 Å². The average molecular weight is 422 g/mol. The van der Waals surface area contributed by atoms with Crippen molar-refractivity contribution in [2.24, 2.45) is 5.92 Å². The van der Waals surface area contributed by atoms with Crippen molar-refractivity contribution in [3.8, 4) is 11.5 Å². The van der Waals surface area contributed by atoms with Crippen molar-refractivity contribution in [2.45, 2.75) is 26.2 Å². The number of esters is 1. The lowest BCUT2D eigenvalue weighted by molar-refractivity contribution is -0.139. The zero-order valence-corrected chi connectivity index (χ0v) is 17.1. The molecule has 2 saturated heterocycles. The van der Waals surface area contributed by atoms with Gasteiger partial charge in [-0.3, -0.25) is 24.1 Å². The number of rotatable bonds is 6. The SMILES string of the molecule is CCOc1ccc(N2C[C@@H](C(=O)Oc3ccc(N4C(=O)CCC4=O)cc3)CC2=O)cc1. The van der Waals surface area contributed by atoms with E-state index in [0.717, 1.165) is 10.6 Å². The van der Waals surface area contributed by atoms with Crippen LogP contribution < -0.4 is 19.3 Å². The highest BCUT2D eigenvalue weighted by Gasteiger charge is 2.36.